The van der Waals surface area contributed by atoms with Gasteiger partial charge in [0.2, 0.25) is 0 Å². The Bertz CT molecular complexity index is 384. The fourth-order valence-corrected chi connectivity index (χ4v) is 1.99. The molecule has 1 unspecified atom stereocenters. The number of rotatable bonds is 5. The molecular formula is C15H19N2+. The van der Waals surface area contributed by atoms with Crippen molar-refractivity contribution >= 4 is 0 Å². The van der Waals surface area contributed by atoms with E-state index < -0.39 is 0 Å². The Kier molecular flexibility index (Phi) is 4.28. The highest BCUT2D eigenvalue weighted by atomic mass is 15.1. The van der Waals surface area contributed by atoms with E-state index in [0.717, 1.165) is 19.6 Å². The molecule has 0 fully saturated rings. The molecule has 1 N–H and O–H groups in total. The minimum Gasteiger partial charge on any atom is -0.328 e. The summed E-state index contributed by atoms with van der Waals surface area (Å²) in [5.74, 6) is 0. The van der Waals surface area contributed by atoms with Crippen molar-refractivity contribution in [3.8, 4) is 0 Å². The first-order valence-electron chi connectivity index (χ1n) is 6.15. The Morgan fingerprint density at radius 2 is 1.65 bits per heavy atom. The summed E-state index contributed by atoms with van der Waals surface area (Å²) in [4.78, 5) is 5.73. The summed E-state index contributed by atoms with van der Waals surface area (Å²) in [6, 6.07) is 14.8. The van der Waals surface area contributed by atoms with Gasteiger partial charge in [0.25, 0.3) is 0 Å². The van der Waals surface area contributed by atoms with Gasteiger partial charge in [0.15, 0.2) is 0 Å². The summed E-state index contributed by atoms with van der Waals surface area (Å²) in [6.07, 6.45) is 3.78. The molecule has 0 aliphatic heterocycles. The molecule has 1 atom stereocenters. The molecule has 0 aliphatic rings. The third-order valence-electron chi connectivity index (χ3n) is 2.97. The lowest BCUT2D eigenvalue weighted by Crippen LogP contribution is -3.09. The zero-order valence-electron chi connectivity index (χ0n) is 10.3. The maximum Gasteiger partial charge on any atom is 0.105 e. The number of nitrogens with one attached hydrogen (secondary N) is 1. The molecule has 0 radical (unpaired) electrons. The van der Waals surface area contributed by atoms with E-state index in [4.69, 9.17) is 0 Å². The minimum atomic E-state index is 1.04. The number of hydrogen-bond acceptors (Lipinski definition) is 1. The van der Waals surface area contributed by atoms with Crippen molar-refractivity contribution in [2.24, 2.45) is 0 Å². The number of quaternary nitrogens is 1. The predicted molar refractivity (Wildman–Crippen MR) is 69.6 cm³/mol. The maximum absolute atomic E-state index is 4.17. The van der Waals surface area contributed by atoms with E-state index in [1.54, 1.807) is 4.90 Å². The van der Waals surface area contributed by atoms with Crippen LogP contribution in [0.3, 0.4) is 0 Å². The number of nitrogens with zero attached hydrogens (tertiary/aromatic N) is 1. The van der Waals surface area contributed by atoms with E-state index >= 15 is 0 Å². The summed E-state index contributed by atoms with van der Waals surface area (Å²) >= 11 is 0. The van der Waals surface area contributed by atoms with Crippen LogP contribution in [-0.4, -0.2) is 11.5 Å². The van der Waals surface area contributed by atoms with Gasteiger partial charge >= 0.3 is 0 Å². The largest absolute Gasteiger partial charge is 0.328 e. The summed E-state index contributed by atoms with van der Waals surface area (Å²) in [7, 11) is 0. The van der Waals surface area contributed by atoms with Gasteiger partial charge in [0.05, 0.1) is 6.54 Å². The number of hydrogen-bond donors (Lipinski definition) is 1. The second-order valence-corrected chi connectivity index (χ2v) is 4.30. The Morgan fingerprint density at radius 3 is 2.29 bits per heavy atom. The van der Waals surface area contributed by atoms with Crippen molar-refractivity contribution in [2.75, 3.05) is 6.54 Å². The molecule has 0 amide bonds. The highest BCUT2D eigenvalue weighted by molar-refractivity contribution is 5.13. The van der Waals surface area contributed by atoms with E-state index in [0.29, 0.717) is 0 Å². The summed E-state index contributed by atoms with van der Waals surface area (Å²) < 4.78 is 0. The van der Waals surface area contributed by atoms with E-state index in [2.05, 4.69) is 48.3 Å². The van der Waals surface area contributed by atoms with Crippen LogP contribution in [0.5, 0.6) is 0 Å². The zero-order chi connectivity index (χ0) is 11.9. The van der Waals surface area contributed by atoms with E-state index in [-0.39, 0.29) is 0 Å². The Hall–Kier alpha value is -1.67. The van der Waals surface area contributed by atoms with Gasteiger partial charge in [0, 0.05) is 23.5 Å². The monoisotopic (exact) mass is 227 g/mol. The Morgan fingerprint density at radius 1 is 0.941 bits per heavy atom. The van der Waals surface area contributed by atoms with Gasteiger partial charge < -0.3 is 4.90 Å². The van der Waals surface area contributed by atoms with E-state index in [1.807, 2.05) is 18.5 Å². The van der Waals surface area contributed by atoms with Crippen molar-refractivity contribution in [2.45, 2.75) is 20.0 Å². The van der Waals surface area contributed by atoms with Crippen LogP contribution in [0.1, 0.15) is 18.1 Å². The smallest absolute Gasteiger partial charge is 0.105 e. The minimum absolute atomic E-state index is 1.04. The van der Waals surface area contributed by atoms with E-state index in [1.165, 1.54) is 11.1 Å². The highest BCUT2D eigenvalue weighted by Crippen LogP contribution is 1.97. The standard InChI is InChI=1S/C15H18N2/c1-2-17(12-14-7-4-3-5-8-14)13-15-9-6-10-16-11-15/h3-11H,2,12-13H2,1H3/p+1. The summed E-state index contributed by atoms with van der Waals surface area (Å²) in [5.41, 5.74) is 2.70. The topological polar surface area (TPSA) is 17.3 Å². The van der Waals surface area contributed by atoms with Crippen LogP contribution < -0.4 is 4.90 Å². The maximum atomic E-state index is 4.17. The zero-order valence-corrected chi connectivity index (χ0v) is 10.3. The molecule has 2 aromatic rings. The predicted octanol–water partition coefficient (Wildman–Crippen LogP) is 1.69. The molecule has 0 saturated heterocycles. The summed E-state index contributed by atoms with van der Waals surface area (Å²) in [6.45, 7) is 5.48. The molecule has 1 aromatic carbocycles. The van der Waals surface area contributed by atoms with Gasteiger partial charge in [-0.3, -0.25) is 4.98 Å². The van der Waals surface area contributed by atoms with Gasteiger partial charge in [-0.05, 0) is 13.0 Å². The summed E-state index contributed by atoms with van der Waals surface area (Å²) in [5, 5.41) is 0. The van der Waals surface area contributed by atoms with Gasteiger partial charge in [0.1, 0.15) is 13.1 Å². The molecule has 88 valence electrons. The number of benzene rings is 1. The van der Waals surface area contributed by atoms with Crippen LogP contribution in [-0.2, 0) is 13.1 Å². The second-order valence-electron chi connectivity index (χ2n) is 4.30. The van der Waals surface area contributed by atoms with Crippen LogP contribution >= 0.6 is 0 Å². The lowest BCUT2D eigenvalue weighted by Gasteiger charge is -2.17. The molecule has 2 heteroatoms. The highest BCUT2D eigenvalue weighted by Gasteiger charge is 2.07. The first-order chi connectivity index (χ1) is 8.38. The average Bonchev–Trinajstić information content (AvgIpc) is 2.40. The normalized spacial score (nSPS) is 12.3. The molecule has 2 nitrogen and oxygen atoms in total. The van der Waals surface area contributed by atoms with Crippen LogP contribution in [0.4, 0.5) is 0 Å². The fraction of sp³-hybridized carbons (Fsp3) is 0.267. The van der Waals surface area contributed by atoms with Gasteiger partial charge in [-0.15, -0.1) is 0 Å². The van der Waals surface area contributed by atoms with Gasteiger partial charge in [-0.1, -0.05) is 36.4 Å². The molecule has 17 heavy (non-hydrogen) atoms. The van der Waals surface area contributed by atoms with Crippen LogP contribution in [0.25, 0.3) is 0 Å². The Labute approximate surface area is 103 Å². The molecule has 0 saturated carbocycles. The molecule has 0 spiro atoms. The van der Waals surface area contributed by atoms with Crippen molar-refractivity contribution in [3.05, 3.63) is 66.0 Å². The molecule has 1 heterocycles. The number of pyridine rings is 1. The van der Waals surface area contributed by atoms with E-state index in [9.17, 15) is 0 Å². The van der Waals surface area contributed by atoms with Crippen LogP contribution in [0, 0.1) is 0 Å². The molecular weight excluding hydrogens is 208 g/mol. The lowest BCUT2D eigenvalue weighted by atomic mass is 10.2. The second kappa shape index (κ2) is 6.16. The first-order valence-corrected chi connectivity index (χ1v) is 6.15. The molecule has 0 aliphatic carbocycles. The average molecular weight is 227 g/mol. The molecule has 0 bridgehead atoms. The third-order valence-corrected chi connectivity index (χ3v) is 2.97. The number of aromatic nitrogens is 1. The van der Waals surface area contributed by atoms with Crippen LogP contribution in [0.15, 0.2) is 54.9 Å². The lowest BCUT2D eigenvalue weighted by molar-refractivity contribution is -0.925. The Balaban J connectivity index is 1.98. The van der Waals surface area contributed by atoms with Crippen molar-refractivity contribution < 1.29 is 4.90 Å². The van der Waals surface area contributed by atoms with Crippen molar-refractivity contribution in [1.29, 1.82) is 0 Å². The van der Waals surface area contributed by atoms with Gasteiger partial charge in [-0.25, -0.2) is 0 Å². The van der Waals surface area contributed by atoms with Gasteiger partial charge in [-0.2, -0.15) is 0 Å². The van der Waals surface area contributed by atoms with Crippen LogP contribution in [0.2, 0.25) is 0 Å². The first kappa shape index (κ1) is 11.8. The molecule has 2 rings (SSSR count). The third kappa shape index (κ3) is 3.68. The quantitative estimate of drug-likeness (QED) is 0.822. The SMILES string of the molecule is CC[NH+](Cc1ccccc1)Cc1cccnc1. The van der Waals surface area contributed by atoms with Crippen molar-refractivity contribution in [1.82, 2.24) is 4.98 Å². The molecule has 1 aromatic heterocycles. The van der Waals surface area contributed by atoms with Crippen molar-refractivity contribution in [3.63, 3.8) is 0 Å². The fourth-order valence-electron chi connectivity index (χ4n) is 1.99.